The van der Waals surface area contributed by atoms with Gasteiger partial charge in [-0.25, -0.2) is 0 Å². The highest BCUT2D eigenvalue weighted by Gasteiger charge is 2.33. The molecule has 1 aliphatic rings. The summed E-state index contributed by atoms with van der Waals surface area (Å²) in [6.45, 7) is 2.15. The first-order chi connectivity index (χ1) is 14.6. The van der Waals surface area contributed by atoms with Crippen molar-refractivity contribution >= 4 is 17.4 Å². The summed E-state index contributed by atoms with van der Waals surface area (Å²) in [7, 11) is 0. The molecule has 0 radical (unpaired) electrons. The lowest BCUT2D eigenvalue weighted by Crippen LogP contribution is -2.25. The fourth-order valence-electron chi connectivity index (χ4n) is 3.75. The Morgan fingerprint density at radius 1 is 1.23 bits per heavy atom. The standard InChI is InChI=1S/C21H17N7O2/c1-3-10-30-15-6-4-14(5-7-15)16-11-19(29)23-21-20(16)13(2)25-28(21)18-9-8-17-24-22-12-27(17)26-18/h1,4-9,12,16H,10-11H2,2H3,(H,23,29)/t16-/m1/s1. The van der Waals surface area contributed by atoms with E-state index in [1.807, 2.05) is 31.2 Å². The van der Waals surface area contributed by atoms with Gasteiger partial charge in [-0.15, -0.1) is 21.7 Å². The Labute approximate surface area is 171 Å². The Bertz CT molecular complexity index is 1300. The summed E-state index contributed by atoms with van der Waals surface area (Å²) in [6.07, 6.45) is 7.10. The molecule has 9 heteroatoms. The topological polar surface area (TPSA) is 99.2 Å². The van der Waals surface area contributed by atoms with Crippen LogP contribution in [0.5, 0.6) is 5.75 Å². The number of amides is 1. The lowest BCUT2D eigenvalue weighted by Gasteiger charge is -2.24. The number of aryl methyl sites for hydroxylation is 1. The number of rotatable bonds is 4. The Morgan fingerprint density at radius 2 is 2.07 bits per heavy atom. The zero-order valence-corrected chi connectivity index (χ0v) is 16.1. The number of nitrogens with zero attached hydrogens (tertiary/aromatic N) is 6. The summed E-state index contributed by atoms with van der Waals surface area (Å²) >= 11 is 0. The number of anilines is 1. The molecule has 3 aromatic heterocycles. The van der Waals surface area contributed by atoms with Crippen molar-refractivity contribution in [2.24, 2.45) is 0 Å². The first-order valence-corrected chi connectivity index (χ1v) is 9.37. The number of ether oxygens (including phenoxy) is 1. The van der Waals surface area contributed by atoms with Crippen molar-refractivity contribution in [3.63, 3.8) is 0 Å². The molecule has 4 heterocycles. The summed E-state index contributed by atoms with van der Waals surface area (Å²) in [5.74, 6) is 4.12. The summed E-state index contributed by atoms with van der Waals surface area (Å²) in [5.41, 5.74) is 3.43. The molecule has 1 N–H and O–H groups in total. The van der Waals surface area contributed by atoms with E-state index in [2.05, 4.69) is 31.6 Å². The molecule has 5 rings (SSSR count). The lowest BCUT2D eigenvalue weighted by molar-refractivity contribution is -0.116. The molecule has 1 aromatic carbocycles. The SMILES string of the molecule is C#CCOc1ccc([C@H]2CC(=O)Nc3c2c(C)nn3-c2ccc3nncn3n2)cc1. The number of hydrogen-bond donors (Lipinski definition) is 1. The molecule has 0 unspecified atom stereocenters. The smallest absolute Gasteiger partial charge is 0.226 e. The molecular formula is C21H17N7O2. The van der Waals surface area contributed by atoms with Crippen molar-refractivity contribution in [1.82, 2.24) is 29.6 Å². The maximum Gasteiger partial charge on any atom is 0.226 e. The van der Waals surface area contributed by atoms with Gasteiger partial charge in [0.05, 0.1) is 5.69 Å². The highest BCUT2D eigenvalue weighted by atomic mass is 16.5. The maximum absolute atomic E-state index is 12.5. The number of carbonyl (C=O) groups is 1. The van der Waals surface area contributed by atoms with Crippen LogP contribution in [-0.2, 0) is 4.79 Å². The first-order valence-electron chi connectivity index (χ1n) is 9.37. The fraction of sp³-hybridized carbons (Fsp3) is 0.190. The fourth-order valence-corrected chi connectivity index (χ4v) is 3.75. The average Bonchev–Trinajstić information content (AvgIpc) is 3.36. The second-order valence-corrected chi connectivity index (χ2v) is 6.95. The molecule has 148 valence electrons. The minimum Gasteiger partial charge on any atom is -0.481 e. The van der Waals surface area contributed by atoms with Gasteiger partial charge in [0.15, 0.2) is 11.5 Å². The molecule has 0 bridgehead atoms. The van der Waals surface area contributed by atoms with Crippen molar-refractivity contribution in [2.45, 2.75) is 19.3 Å². The third-order valence-electron chi connectivity index (χ3n) is 5.07. The molecule has 1 aliphatic heterocycles. The number of nitrogens with one attached hydrogen (secondary N) is 1. The van der Waals surface area contributed by atoms with Gasteiger partial charge in [0, 0.05) is 17.9 Å². The second kappa shape index (κ2) is 7.00. The van der Waals surface area contributed by atoms with Gasteiger partial charge >= 0.3 is 0 Å². The molecule has 30 heavy (non-hydrogen) atoms. The normalized spacial score (nSPS) is 15.5. The van der Waals surface area contributed by atoms with Crippen LogP contribution in [0.15, 0.2) is 42.7 Å². The number of hydrogen-bond acceptors (Lipinski definition) is 6. The van der Waals surface area contributed by atoms with Crippen LogP contribution >= 0.6 is 0 Å². The molecule has 0 saturated carbocycles. The number of terminal acetylenes is 1. The molecule has 0 aliphatic carbocycles. The zero-order valence-electron chi connectivity index (χ0n) is 16.1. The van der Waals surface area contributed by atoms with Crippen LogP contribution in [0.1, 0.15) is 29.2 Å². The van der Waals surface area contributed by atoms with Gasteiger partial charge in [0.25, 0.3) is 0 Å². The van der Waals surface area contributed by atoms with Crippen molar-refractivity contribution in [2.75, 3.05) is 11.9 Å². The Balaban J connectivity index is 1.57. The summed E-state index contributed by atoms with van der Waals surface area (Å²) in [5, 5.41) is 19.9. The minimum atomic E-state index is -0.122. The third-order valence-corrected chi connectivity index (χ3v) is 5.07. The molecule has 1 amide bonds. The molecule has 0 saturated heterocycles. The number of benzene rings is 1. The number of fused-ring (bicyclic) bond motifs is 2. The van der Waals surface area contributed by atoms with Crippen LogP contribution in [0.2, 0.25) is 0 Å². The van der Waals surface area contributed by atoms with E-state index in [9.17, 15) is 4.79 Å². The van der Waals surface area contributed by atoms with Gasteiger partial charge in [-0.05, 0) is 36.8 Å². The van der Waals surface area contributed by atoms with Crippen LogP contribution in [0.4, 0.5) is 5.82 Å². The Hall–Kier alpha value is -4.19. The molecule has 0 spiro atoms. The second-order valence-electron chi connectivity index (χ2n) is 6.95. The molecule has 9 nitrogen and oxygen atoms in total. The zero-order chi connectivity index (χ0) is 20.7. The van der Waals surface area contributed by atoms with Crippen molar-refractivity contribution in [3.8, 4) is 23.9 Å². The van der Waals surface area contributed by atoms with Crippen molar-refractivity contribution in [3.05, 3.63) is 59.5 Å². The average molecular weight is 399 g/mol. The van der Waals surface area contributed by atoms with E-state index in [1.54, 1.807) is 21.3 Å². The Morgan fingerprint density at radius 3 is 2.87 bits per heavy atom. The van der Waals surface area contributed by atoms with Crippen LogP contribution in [-0.4, -0.2) is 42.1 Å². The molecule has 0 fully saturated rings. The van der Waals surface area contributed by atoms with E-state index in [0.29, 0.717) is 29.5 Å². The van der Waals surface area contributed by atoms with Crippen molar-refractivity contribution in [1.29, 1.82) is 0 Å². The summed E-state index contributed by atoms with van der Waals surface area (Å²) in [6, 6.07) is 11.2. The Kier molecular flexibility index (Phi) is 4.17. The first kappa shape index (κ1) is 17.9. The summed E-state index contributed by atoms with van der Waals surface area (Å²) in [4.78, 5) is 12.5. The van der Waals surface area contributed by atoms with Gasteiger partial charge in [0.2, 0.25) is 5.91 Å². The van der Waals surface area contributed by atoms with Gasteiger partial charge < -0.3 is 10.1 Å². The third kappa shape index (κ3) is 2.95. The van der Waals surface area contributed by atoms with Gasteiger partial charge in [-0.3, -0.25) is 4.79 Å². The van der Waals surface area contributed by atoms with E-state index >= 15 is 0 Å². The monoisotopic (exact) mass is 399 g/mol. The van der Waals surface area contributed by atoms with E-state index in [4.69, 9.17) is 11.2 Å². The minimum absolute atomic E-state index is 0.0771. The van der Waals surface area contributed by atoms with Crippen molar-refractivity contribution < 1.29 is 9.53 Å². The van der Waals surface area contributed by atoms with Crippen LogP contribution < -0.4 is 10.1 Å². The maximum atomic E-state index is 12.5. The molecule has 4 aromatic rings. The van der Waals surface area contributed by atoms with E-state index in [0.717, 1.165) is 16.8 Å². The highest BCUT2D eigenvalue weighted by Crippen LogP contribution is 2.40. The predicted octanol–water partition coefficient (Wildman–Crippen LogP) is 2.10. The van der Waals surface area contributed by atoms with E-state index < -0.39 is 0 Å². The van der Waals surface area contributed by atoms with Gasteiger partial charge in [0.1, 0.15) is 24.5 Å². The predicted molar refractivity (Wildman–Crippen MR) is 109 cm³/mol. The van der Waals surface area contributed by atoms with Crippen LogP contribution in [0.3, 0.4) is 0 Å². The quantitative estimate of drug-likeness (QED) is 0.528. The largest absolute Gasteiger partial charge is 0.481 e. The summed E-state index contributed by atoms with van der Waals surface area (Å²) < 4.78 is 8.67. The van der Waals surface area contributed by atoms with E-state index in [-0.39, 0.29) is 18.4 Å². The van der Waals surface area contributed by atoms with Crippen LogP contribution in [0, 0.1) is 19.3 Å². The van der Waals surface area contributed by atoms with Gasteiger partial charge in [-0.2, -0.15) is 14.3 Å². The molecule has 1 atom stereocenters. The van der Waals surface area contributed by atoms with Gasteiger partial charge in [-0.1, -0.05) is 18.1 Å². The molecular weight excluding hydrogens is 382 g/mol. The number of aromatic nitrogens is 6. The van der Waals surface area contributed by atoms with Crippen LogP contribution in [0.25, 0.3) is 11.5 Å². The lowest BCUT2D eigenvalue weighted by atomic mass is 9.86. The highest BCUT2D eigenvalue weighted by molar-refractivity contribution is 5.95. The number of carbonyl (C=O) groups excluding carboxylic acids is 1. The van der Waals surface area contributed by atoms with E-state index in [1.165, 1.54) is 6.33 Å².